The number of nitrogens with zero attached hydrogens (tertiary/aromatic N) is 3. The molecule has 1 aliphatic rings. The number of H-pyrrole nitrogens is 1. The number of rotatable bonds is 10. The number of aromatic nitrogens is 3. The Morgan fingerprint density at radius 3 is 2.79 bits per heavy atom. The van der Waals surface area contributed by atoms with Crippen molar-refractivity contribution in [1.82, 2.24) is 14.5 Å². The minimum absolute atomic E-state index is 0.00139. The van der Waals surface area contributed by atoms with Crippen LogP contribution in [-0.4, -0.2) is 39.1 Å². The molecule has 0 unspecified atom stereocenters. The lowest BCUT2D eigenvalue weighted by atomic mass is 9.97. The van der Waals surface area contributed by atoms with E-state index in [1.54, 1.807) is 31.3 Å². The van der Waals surface area contributed by atoms with Gasteiger partial charge < -0.3 is 21.2 Å². The van der Waals surface area contributed by atoms with Crippen molar-refractivity contribution >= 4 is 28.5 Å². The average Bonchev–Trinajstić information content (AvgIpc) is 3.37. The molecule has 1 aliphatic heterocycles. The number of benzene rings is 2. The van der Waals surface area contributed by atoms with Gasteiger partial charge in [-0.05, 0) is 100 Å². The fraction of sp³-hybridized carbons (Fsp3) is 0.406. The van der Waals surface area contributed by atoms with Gasteiger partial charge in [-0.25, -0.2) is 9.18 Å². The molecule has 0 saturated carbocycles. The van der Waals surface area contributed by atoms with Crippen LogP contribution in [0, 0.1) is 5.82 Å². The van der Waals surface area contributed by atoms with Gasteiger partial charge in [-0.2, -0.15) is 4.98 Å². The van der Waals surface area contributed by atoms with Crippen LogP contribution in [0.2, 0.25) is 5.02 Å². The highest BCUT2D eigenvalue weighted by Crippen LogP contribution is 2.34. The minimum atomic E-state index is -0.514. The predicted octanol–water partition coefficient (Wildman–Crippen LogP) is 6.22. The number of nitrogens with one attached hydrogen (secondary N) is 1. The summed E-state index contributed by atoms with van der Waals surface area (Å²) in [5, 5.41) is 0.738. The topological polar surface area (TPSA) is 124 Å². The zero-order valence-corrected chi connectivity index (χ0v) is 24.8. The van der Waals surface area contributed by atoms with Crippen LogP contribution in [0.15, 0.2) is 58.4 Å². The Hall–Kier alpha value is -3.53. The Kier molecular flexibility index (Phi) is 9.40. The third-order valence-corrected chi connectivity index (χ3v) is 7.99. The maximum Gasteiger partial charge on any atom is 0.354 e. The molecule has 2 aromatic heterocycles. The third kappa shape index (κ3) is 7.09. The zero-order chi connectivity index (χ0) is 29.8. The molecule has 5 N–H and O–H groups in total. The molecule has 0 bridgehead atoms. The lowest BCUT2D eigenvalue weighted by molar-refractivity contribution is -0.0535. The Labute approximate surface area is 250 Å². The van der Waals surface area contributed by atoms with Crippen molar-refractivity contribution in [3.8, 4) is 16.9 Å². The van der Waals surface area contributed by atoms with Crippen molar-refractivity contribution < 1.29 is 9.13 Å². The van der Waals surface area contributed by atoms with Crippen LogP contribution in [0.3, 0.4) is 0 Å². The molecular weight excluding hydrogens is 555 g/mol. The second-order valence-corrected chi connectivity index (χ2v) is 11.7. The van der Waals surface area contributed by atoms with Gasteiger partial charge in [-0.3, -0.25) is 9.56 Å². The summed E-state index contributed by atoms with van der Waals surface area (Å²) in [7, 11) is 0. The molecule has 222 valence electrons. The molecule has 0 aliphatic carbocycles. The summed E-state index contributed by atoms with van der Waals surface area (Å²) in [6.07, 6.45) is 8.25. The second-order valence-electron chi connectivity index (χ2n) is 11.3. The standard InChI is InChI=1S/C32H38ClFN6O2/c1-19(35)5-3-6-21-15-26(30(34)27(33)16-21)28-17-23-18-40(32(41)39-31(23)38-28)24-11-9-22(10-12-24)29-8-4-7-25(42-29)13-14-37-20(2)36/h9-12,15-19,25,29H,3-8,13-14,35H2,1-2H3,(H2,36,37)(H,38,39,41)/t19-,25+,29-/m0/s1. The van der Waals surface area contributed by atoms with E-state index in [1.165, 1.54) is 4.57 Å². The number of hydrogen-bond acceptors (Lipinski definition) is 5. The van der Waals surface area contributed by atoms with Crippen LogP contribution in [-0.2, 0) is 11.2 Å². The monoisotopic (exact) mass is 592 g/mol. The van der Waals surface area contributed by atoms with Crippen LogP contribution >= 0.6 is 11.6 Å². The van der Waals surface area contributed by atoms with E-state index in [0.29, 0.717) is 40.4 Å². The summed E-state index contributed by atoms with van der Waals surface area (Å²) in [5.41, 5.74) is 15.0. The van der Waals surface area contributed by atoms with Crippen molar-refractivity contribution in [1.29, 1.82) is 0 Å². The van der Waals surface area contributed by atoms with Crippen LogP contribution in [0.5, 0.6) is 0 Å². The van der Waals surface area contributed by atoms with E-state index in [0.717, 1.165) is 56.1 Å². The van der Waals surface area contributed by atoms with E-state index in [1.807, 2.05) is 31.2 Å². The van der Waals surface area contributed by atoms with Crippen LogP contribution in [0.4, 0.5) is 4.39 Å². The van der Waals surface area contributed by atoms with Gasteiger partial charge in [0.1, 0.15) is 5.65 Å². The highest BCUT2D eigenvalue weighted by Gasteiger charge is 2.23. The summed E-state index contributed by atoms with van der Waals surface area (Å²) in [5.74, 6) is 0.0747. The number of fused-ring (bicyclic) bond motifs is 1. The molecule has 4 aromatic rings. The molecule has 0 radical (unpaired) electrons. The summed E-state index contributed by atoms with van der Waals surface area (Å²) in [4.78, 5) is 24.6. The van der Waals surface area contributed by atoms with E-state index in [-0.39, 0.29) is 23.3 Å². The molecule has 10 heteroatoms. The number of aryl methyl sites for hydroxylation is 1. The smallest absolute Gasteiger partial charge is 0.354 e. The van der Waals surface area contributed by atoms with Gasteiger partial charge in [0.15, 0.2) is 5.82 Å². The molecular formula is C32H38ClFN6O2. The average molecular weight is 593 g/mol. The second kappa shape index (κ2) is 13.2. The van der Waals surface area contributed by atoms with Gasteiger partial charge in [-0.1, -0.05) is 23.7 Å². The van der Waals surface area contributed by atoms with Gasteiger partial charge in [0.05, 0.1) is 34.4 Å². The first-order valence-electron chi connectivity index (χ1n) is 14.6. The van der Waals surface area contributed by atoms with E-state index in [9.17, 15) is 4.79 Å². The number of nitrogens with two attached hydrogens (primary N) is 2. The molecule has 0 spiro atoms. The van der Waals surface area contributed by atoms with Crippen LogP contribution in [0.1, 0.15) is 69.6 Å². The molecule has 42 heavy (non-hydrogen) atoms. The van der Waals surface area contributed by atoms with Gasteiger partial charge >= 0.3 is 5.69 Å². The van der Waals surface area contributed by atoms with E-state index < -0.39 is 11.5 Å². The number of aliphatic imine (C=N–C) groups is 1. The van der Waals surface area contributed by atoms with Crippen molar-refractivity contribution in [2.75, 3.05) is 6.54 Å². The number of aromatic amines is 1. The van der Waals surface area contributed by atoms with Gasteiger partial charge in [-0.15, -0.1) is 0 Å². The van der Waals surface area contributed by atoms with Gasteiger partial charge in [0.25, 0.3) is 0 Å². The molecule has 8 nitrogen and oxygen atoms in total. The van der Waals surface area contributed by atoms with Crippen molar-refractivity contribution in [2.45, 2.75) is 77.0 Å². The number of amidine groups is 1. The molecule has 3 atom stereocenters. The highest BCUT2D eigenvalue weighted by atomic mass is 35.5. The van der Waals surface area contributed by atoms with Crippen LogP contribution < -0.4 is 17.2 Å². The van der Waals surface area contributed by atoms with E-state index in [2.05, 4.69) is 15.0 Å². The van der Waals surface area contributed by atoms with Crippen LogP contribution in [0.25, 0.3) is 28.0 Å². The first-order valence-corrected chi connectivity index (χ1v) is 14.9. The summed E-state index contributed by atoms with van der Waals surface area (Å²) >= 11 is 6.25. The van der Waals surface area contributed by atoms with Crippen molar-refractivity contribution in [2.24, 2.45) is 16.5 Å². The molecule has 3 heterocycles. The highest BCUT2D eigenvalue weighted by molar-refractivity contribution is 6.31. The molecule has 0 amide bonds. The summed E-state index contributed by atoms with van der Waals surface area (Å²) in [6.45, 7) is 4.42. The Morgan fingerprint density at radius 1 is 1.26 bits per heavy atom. The first-order chi connectivity index (χ1) is 20.2. The Balaban J connectivity index is 1.35. The van der Waals surface area contributed by atoms with Gasteiger partial charge in [0, 0.05) is 29.7 Å². The Bertz CT molecular complexity index is 1620. The largest absolute Gasteiger partial charge is 0.388 e. The molecule has 1 saturated heterocycles. The minimum Gasteiger partial charge on any atom is -0.388 e. The predicted molar refractivity (Wildman–Crippen MR) is 167 cm³/mol. The molecule has 2 aromatic carbocycles. The fourth-order valence-electron chi connectivity index (χ4n) is 5.53. The maximum absolute atomic E-state index is 15.1. The SMILES string of the molecule is CC(N)=NCC[C@H]1CCC[C@@H](c2ccc(-n3cc4cc(-c5cc(CCC[C@H](C)N)cc(Cl)c5F)[nH]c4nc3=O)cc2)O1. The lowest BCUT2D eigenvalue weighted by Gasteiger charge is -2.30. The van der Waals surface area contributed by atoms with Crippen molar-refractivity contribution in [3.63, 3.8) is 0 Å². The number of hydrogen-bond donors (Lipinski definition) is 3. The summed E-state index contributed by atoms with van der Waals surface area (Å²) in [6, 6.07) is 13.1. The molecule has 1 fully saturated rings. The van der Waals surface area contributed by atoms with E-state index >= 15 is 4.39 Å². The fourth-order valence-corrected chi connectivity index (χ4v) is 5.77. The maximum atomic E-state index is 15.1. The lowest BCUT2D eigenvalue weighted by Crippen LogP contribution is -2.24. The molecule has 5 rings (SSSR count). The summed E-state index contributed by atoms with van der Waals surface area (Å²) < 4.78 is 22.9. The first kappa shape index (κ1) is 29.9. The van der Waals surface area contributed by atoms with Gasteiger partial charge in [0.2, 0.25) is 0 Å². The quantitative estimate of drug-likeness (QED) is 0.149. The normalized spacial score (nSPS) is 18.5. The third-order valence-electron chi connectivity index (χ3n) is 7.72. The number of ether oxygens (including phenoxy) is 1. The van der Waals surface area contributed by atoms with E-state index in [4.69, 9.17) is 27.8 Å². The zero-order valence-electron chi connectivity index (χ0n) is 24.1. The number of halogens is 2. The van der Waals surface area contributed by atoms with Crippen molar-refractivity contribution in [3.05, 3.63) is 81.1 Å². The Morgan fingerprint density at radius 2 is 2.05 bits per heavy atom.